The minimum atomic E-state index is -0.383. The molecule has 0 heterocycles. The zero-order valence-electron chi connectivity index (χ0n) is 12.5. The van der Waals surface area contributed by atoms with Gasteiger partial charge in [-0.05, 0) is 24.6 Å². The monoisotopic (exact) mass is 279 g/mol. The molecule has 0 saturated heterocycles. The average Bonchev–Trinajstić information content (AvgIpc) is 2.43. The van der Waals surface area contributed by atoms with Crippen molar-refractivity contribution in [1.82, 2.24) is 10.6 Å². The Bertz CT molecular complexity index is 391. The van der Waals surface area contributed by atoms with Gasteiger partial charge in [0.2, 0.25) is 0 Å². The first-order chi connectivity index (χ1) is 9.61. The lowest BCUT2D eigenvalue weighted by atomic mass is 10.2. The van der Waals surface area contributed by atoms with Gasteiger partial charge in [-0.25, -0.2) is 4.79 Å². The van der Waals surface area contributed by atoms with E-state index in [9.17, 15) is 4.79 Å². The summed E-state index contributed by atoms with van der Waals surface area (Å²) >= 11 is 0. The van der Waals surface area contributed by atoms with Crippen LogP contribution in [0.2, 0.25) is 0 Å². The smallest absolute Gasteiger partial charge is 0.407 e. The highest BCUT2D eigenvalue weighted by Gasteiger charge is 2.02. The number of alkyl carbamates (subject to hydrolysis) is 1. The van der Waals surface area contributed by atoms with Crippen molar-refractivity contribution in [1.29, 1.82) is 0 Å². The summed E-state index contributed by atoms with van der Waals surface area (Å²) in [6, 6.07) is 8.28. The van der Waals surface area contributed by atoms with E-state index < -0.39 is 0 Å². The summed E-state index contributed by atoms with van der Waals surface area (Å²) in [5, 5.41) is 9.14. The molecule has 5 heteroatoms. The van der Waals surface area contributed by atoms with Crippen LogP contribution in [0.5, 0.6) is 0 Å². The number of carbonyl (C=O) groups is 1. The van der Waals surface area contributed by atoms with E-state index in [0.29, 0.717) is 12.6 Å². The maximum atomic E-state index is 11.5. The Morgan fingerprint density at radius 1 is 1.20 bits per heavy atom. The summed E-state index contributed by atoms with van der Waals surface area (Å²) in [5.74, 6) is 0. The Balaban J connectivity index is 2.20. The Labute approximate surface area is 121 Å². The molecule has 0 unspecified atom stereocenters. The van der Waals surface area contributed by atoms with Crippen LogP contribution in [-0.4, -0.2) is 31.8 Å². The molecule has 0 spiro atoms. The van der Waals surface area contributed by atoms with Gasteiger partial charge in [-0.1, -0.05) is 26.0 Å². The normalized spacial score (nSPS) is 10.4. The van der Waals surface area contributed by atoms with Crippen molar-refractivity contribution >= 4 is 11.8 Å². The predicted octanol–water partition coefficient (Wildman–Crippen LogP) is 2.34. The number of anilines is 1. The summed E-state index contributed by atoms with van der Waals surface area (Å²) in [4.78, 5) is 11.5. The van der Waals surface area contributed by atoms with E-state index in [1.165, 1.54) is 0 Å². The van der Waals surface area contributed by atoms with Gasteiger partial charge in [-0.15, -0.1) is 0 Å². The zero-order chi connectivity index (χ0) is 14.8. The molecule has 0 aliphatic carbocycles. The maximum absolute atomic E-state index is 11.5. The number of benzene rings is 1. The van der Waals surface area contributed by atoms with Crippen molar-refractivity contribution in [3.8, 4) is 0 Å². The van der Waals surface area contributed by atoms with Gasteiger partial charge < -0.3 is 20.7 Å². The Morgan fingerprint density at radius 3 is 2.50 bits per heavy atom. The van der Waals surface area contributed by atoms with E-state index in [4.69, 9.17) is 4.74 Å². The summed E-state index contributed by atoms with van der Waals surface area (Å²) in [5.41, 5.74) is 2.04. The summed E-state index contributed by atoms with van der Waals surface area (Å²) in [6.45, 7) is 8.67. The molecule has 0 aliphatic rings. The van der Waals surface area contributed by atoms with Crippen LogP contribution in [0.3, 0.4) is 0 Å². The quantitative estimate of drug-likeness (QED) is 0.639. The van der Waals surface area contributed by atoms with E-state index in [-0.39, 0.29) is 12.7 Å². The van der Waals surface area contributed by atoms with Gasteiger partial charge in [0.1, 0.15) is 6.61 Å². The van der Waals surface area contributed by atoms with Crippen molar-refractivity contribution in [2.24, 2.45) is 0 Å². The second kappa shape index (κ2) is 9.20. The van der Waals surface area contributed by atoms with Crippen LogP contribution in [0.4, 0.5) is 10.5 Å². The lowest BCUT2D eigenvalue weighted by molar-refractivity contribution is 0.139. The van der Waals surface area contributed by atoms with Crippen LogP contribution in [0.25, 0.3) is 0 Å². The first-order valence-corrected chi connectivity index (χ1v) is 7.08. The molecule has 1 aromatic rings. The zero-order valence-corrected chi connectivity index (χ0v) is 12.5. The van der Waals surface area contributed by atoms with Gasteiger partial charge in [0, 0.05) is 31.4 Å². The summed E-state index contributed by atoms with van der Waals surface area (Å²) in [6.07, 6.45) is -0.383. The molecule has 112 valence electrons. The fourth-order valence-electron chi connectivity index (χ4n) is 1.65. The first-order valence-electron chi connectivity index (χ1n) is 7.08. The number of amides is 1. The fraction of sp³-hybridized carbons (Fsp3) is 0.533. The number of hydrogen-bond donors (Lipinski definition) is 3. The Kier molecular flexibility index (Phi) is 7.50. The van der Waals surface area contributed by atoms with E-state index in [0.717, 1.165) is 24.3 Å². The largest absolute Gasteiger partial charge is 0.445 e. The number of nitrogens with one attached hydrogen (secondary N) is 3. The molecular formula is C15H25N3O2. The standard InChI is InChI=1S/C15H25N3O2/c1-4-16-14-7-5-13(6-8-14)11-20-15(19)18-10-9-17-12(2)3/h5-8,12,16-17H,4,9-11H2,1-3H3,(H,18,19). The van der Waals surface area contributed by atoms with Gasteiger partial charge in [0.25, 0.3) is 0 Å². The molecule has 0 radical (unpaired) electrons. The number of ether oxygens (including phenoxy) is 1. The second-order valence-electron chi connectivity index (χ2n) is 4.84. The summed E-state index contributed by atoms with van der Waals surface area (Å²) in [7, 11) is 0. The third-order valence-electron chi connectivity index (χ3n) is 2.65. The second-order valence-corrected chi connectivity index (χ2v) is 4.84. The highest BCUT2D eigenvalue weighted by molar-refractivity contribution is 5.67. The number of carbonyl (C=O) groups excluding carboxylic acids is 1. The van der Waals surface area contributed by atoms with Crippen molar-refractivity contribution in [2.75, 3.05) is 25.0 Å². The van der Waals surface area contributed by atoms with Crippen molar-refractivity contribution in [3.63, 3.8) is 0 Å². The molecule has 0 fully saturated rings. The van der Waals surface area contributed by atoms with Gasteiger partial charge >= 0.3 is 6.09 Å². The molecule has 1 rings (SSSR count). The average molecular weight is 279 g/mol. The molecule has 0 atom stereocenters. The maximum Gasteiger partial charge on any atom is 0.407 e. The van der Waals surface area contributed by atoms with Crippen molar-refractivity contribution in [2.45, 2.75) is 33.4 Å². The van der Waals surface area contributed by atoms with Crippen molar-refractivity contribution in [3.05, 3.63) is 29.8 Å². The van der Waals surface area contributed by atoms with Gasteiger partial charge in [-0.3, -0.25) is 0 Å². The highest BCUT2D eigenvalue weighted by atomic mass is 16.5. The van der Waals surface area contributed by atoms with Crippen LogP contribution in [-0.2, 0) is 11.3 Å². The molecule has 1 amide bonds. The van der Waals surface area contributed by atoms with E-state index in [1.54, 1.807) is 0 Å². The Hall–Kier alpha value is -1.75. The number of hydrogen-bond acceptors (Lipinski definition) is 4. The number of rotatable bonds is 8. The molecular weight excluding hydrogens is 254 g/mol. The molecule has 5 nitrogen and oxygen atoms in total. The third kappa shape index (κ3) is 6.99. The van der Waals surface area contributed by atoms with Crippen LogP contribution in [0.15, 0.2) is 24.3 Å². The molecule has 0 bridgehead atoms. The molecule has 0 aliphatic heterocycles. The highest BCUT2D eigenvalue weighted by Crippen LogP contribution is 2.09. The minimum absolute atomic E-state index is 0.288. The topological polar surface area (TPSA) is 62.4 Å². The lowest BCUT2D eigenvalue weighted by Crippen LogP contribution is -2.34. The third-order valence-corrected chi connectivity index (χ3v) is 2.65. The van der Waals surface area contributed by atoms with Crippen LogP contribution < -0.4 is 16.0 Å². The van der Waals surface area contributed by atoms with Crippen LogP contribution in [0, 0.1) is 0 Å². The molecule has 0 aromatic heterocycles. The summed E-state index contributed by atoms with van der Waals surface area (Å²) < 4.78 is 5.14. The lowest BCUT2D eigenvalue weighted by Gasteiger charge is -2.10. The van der Waals surface area contributed by atoms with E-state index >= 15 is 0 Å². The molecule has 1 aromatic carbocycles. The van der Waals surface area contributed by atoms with E-state index in [1.807, 2.05) is 24.3 Å². The van der Waals surface area contributed by atoms with Gasteiger partial charge in [-0.2, -0.15) is 0 Å². The van der Waals surface area contributed by atoms with E-state index in [2.05, 4.69) is 36.7 Å². The SMILES string of the molecule is CCNc1ccc(COC(=O)NCCNC(C)C)cc1. The molecule has 0 saturated carbocycles. The van der Waals surface area contributed by atoms with Crippen LogP contribution in [0.1, 0.15) is 26.3 Å². The van der Waals surface area contributed by atoms with Crippen LogP contribution >= 0.6 is 0 Å². The predicted molar refractivity (Wildman–Crippen MR) is 81.9 cm³/mol. The molecule has 3 N–H and O–H groups in total. The van der Waals surface area contributed by atoms with Gasteiger partial charge in [0.05, 0.1) is 0 Å². The molecule has 20 heavy (non-hydrogen) atoms. The first kappa shape index (κ1) is 16.3. The Morgan fingerprint density at radius 2 is 1.90 bits per heavy atom. The van der Waals surface area contributed by atoms with Crippen molar-refractivity contribution < 1.29 is 9.53 Å². The van der Waals surface area contributed by atoms with Gasteiger partial charge in [0.15, 0.2) is 0 Å². The minimum Gasteiger partial charge on any atom is -0.445 e. The fourth-order valence-corrected chi connectivity index (χ4v) is 1.65.